The molecular weight excluding hydrogens is 331 g/mol. The molecule has 0 radical (unpaired) electrons. The molecule has 0 spiro atoms. The van der Waals surface area contributed by atoms with Gasteiger partial charge in [-0.15, -0.1) is 0 Å². The largest absolute Gasteiger partial charge is 0.392 e. The number of rotatable bonds is 3. The third kappa shape index (κ3) is 2.55. The van der Waals surface area contributed by atoms with Gasteiger partial charge in [0.25, 0.3) is 0 Å². The molecule has 2 heterocycles. The Bertz CT molecular complexity index is 1040. The smallest absolute Gasteiger partial charge is 0.156 e. The summed E-state index contributed by atoms with van der Waals surface area (Å²) in [4.78, 5) is 7.63. The number of aliphatic hydroxyl groups excluding tert-OH is 1. The highest BCUT2D eigenvalue weighted by Gasteiger charge is 2.13. The average Bonchev–Trinajstić information content (AvgIpc) is 3.20. The lowest BCUT2D eigenvalue weighted by molar-refractivity contribution is 0.281. The van der Waals surface area contributed by atoms with Gasteiger partial charge in [0.1, 0.15) is 11.5 Å². The molecule has 0 unspecified atom stereocenters. The Morgan fingerprint density at radius 2 is 2.00 bits per heavy atom. The fourth-order valence-corrected chi connectivity index (χ4v) is 2.72. The topological polar surface area (TPSA) is 77.6 Å². The molecule has 0 amide bonds. The van der Waals surface area contributed by atoms with E-state index in [0.717, 1.165) is 11.0 Å². The number of aromatic amines is 2. The fourth-order valence-electron chi connectivity index (χ4n) is 2.55. The van der Waals surface area contributed by atoms with Crippen molar-refractivity contribution in [3.63, 3.8) is 0 Å². The van der Waals surface area contributed by atoms with Crippen LogP contribution < -0.4 is 0 Å². The molecule has 0 saturated heterocycles. The van der Waals surface area contributed by atoms with Crippen molar-refractivity contribution in [1.82, 2.24) is 20.2 Å². The van der Waals surface area contributed by atoms with E-state index in [0.29, 0.717) is 33.4 Å². The number of halogens is 2. The van der Waals surface area contributed by atoms with Crippen LogP contribution in [0.5, 0.6) is 0 Å². The second-order valence-corrected chi connectivity index (χ2v) is 5.82. The first-order valence-corrected chi connectivity index (χ1v) is 7.62. The molecule has 0 saturated carbocycles. The minimum absolute atomic E-state index is 0.204. The van der Waals surface area contributed by atoms with Crippen molar-refractivity contribution in [2.75, 3.05) is 0 Å². The van der Waals surface area contributed by atoms with Crippen LogP contribution in [0.15, 0.2) is 42.5 Å². The highest BCUT2D eigenvalue weighted by molar-refractivity contribution is 6.31. The highest BCUT2D eigenvalue weighted by atomic mass is 35.5. The molecule has 7 heteroatoms. The zero-order valence-electron chi connectivity index (χ0n) is 12.3. The van der Waals surface area contributed by atoms with Crippen LogP contribution in [0.2, 0.25) is 5.02 Å². The molecule has 2 aromatic heterocycles. The predicted molar refractivity (Wildman–Crippen MR) is 90.0 cm³/mol. The first-order valence-electron chi connectivity index (χ1n) is 7.25. The number of aliphatic hydroxyl groups is 1. The number of nitrogens with one attached hydrogen (secondary N) is 2. The summed E-state index contributed by atoms with van der Waals surface area (Å²) < 4.78 is 14.1. The van der Waals surface area contributed by atoms with Crippen molar-refractivity contribution in [3.05, 3.63) is 58.9 Å². The zero-order chi connectivity index (χ0) is 16.7. The van der Waals surface area contributed by atoms with Gasteiger partial charge in [0.2, 0.25) is 0 Å². The van der Waals surface area contributed by atoms with Gasteiger partial charge in [0.05, 0.1) is 23.3 Å². The number of H-pyrrole nitrogens is 2. The maximum atomic E-state index is 14.1. The number of aromatic nitrogens is 4. The summed E-state index contributed by atoms with van der Waals surface area (Å²) in [6.07, 6.45) is 0. The highest BCUT2D eigenvalue weighted by Crippen LogP contribution is 2.27. The number of fused-ring (bicyclic) bond motifs is 1. The number of hydrogen-bond donors (Lipinski definition) is 3. The summed E-state index contributed by atoms with van der Waals surface area (Å²) in [6.45, 7) is -0.204. The van der Waals surface area contributed by atoms with Crippen molar-refractivity contribution in [2.45, 2.75) is 6.61 Å². The molecule has 0 aliphatic heterocycles. The Morgan fingerprint density at radius 3 is 2.79 bits per heavy atom. The maximum Gasteiger partial charge on any atom is 0.156 e. The van der Waals surface area contributed by atoms with Crippen LogP contribution in [0.3, 0.4) is 0 Å². The van der Waals surface area contributed by atoms with Gasteiger partial charge in [0, 0.05) is 10.6 Å². The molecule has 0 bridgehead atoms. The van der Waals surface area contributed by atoms with Gasteiger partial charge in [0.15, 0.2) is 5.82 Å². The summed E-state index contributed by atoms with van der Waals surface area (Å²) in [5.41, 5.74) is 3.57. The minimum Gasteiger partial charge on any atom is -0.392 e. The third-order valence-electron chi connectivity index (χ3n) is 3.77. The number of hydrogen-bond acceptors (Lipinski definition) is 3. The Hall–Kier alpha value is -2.70. The summed E-state index contributed by atoms with van der Waals surface area (Å²) in [5.74, 6) is 0.161. The van der Waals surface area contributed by atoms with E-state index in [1.165, 1.54) is 6.07 Å². The van der Waals surface area contributed by atoms with Crippen molar-refractivity contribution in [1.29, 1.82) is 0 Å². The minimum atomic E-state index is -0.434. The summed E-state index contributed by atoms with van der Waals surface area (Å²) in [5, 5.41) is 16.7. The Labute approximate surface area is 141 Å². The van der Waals surface area contributed by atoms with Gasteiger partial charge >= 0.3 is 0 Å². The lowest BCUT2D eigenvalue weighted by Gasteiger charge is -2.01. The standard InChI is InChI=1S/C17H12ClFN4O/c18-10-2-4-13-15(6-10)21-17(20-13)16-7-14(22-23-16)11-3-1-9(8-24)5-12(11)19/h1-7,24H,8H2,(H,20,21)(H,22,23). The van der Waals surface area contributed by atoms with E-state index >= 15 is 0 Å². The molecule has 2 aromatic carbocycles. The Morgan fingerprint density at radius 1 is 1.12 bits per heavy atom. The molecule has 0 aliphatic rings. The lowest BCUT2D eigenvalue weighted by Crippen LogP contribution is -1.89. The van der Waals surface area contributed by atoms with Gasteiger partial charge in [-0.1, -0.05) is 17.7 Å². The average molecular weight is 343 g/mol. The van der Waals surface area contributed by atoms with E-state index in [-0.39, 0.29) is 6.61 Å². The molecule has 4 aromatic rings. The fraction of sp³-hybridized carbons (Fsp3) is 0.0588. The van der Waals surface area contributed by atoms with Crippen LogP contribution >= 0.6 is 11.6 Å². The molecular formula is C17H12ClFN4O. The summed E-state index contributed by atoms with van der Waals surface area (Å²) in [6, 6.07) is 11.7. The molecule has 0 aliphatic carbocycles. The number of imidazole rings is 1. The van der Waals surface area contributed by atoms with Crippen molar-refractivity contribution in [3.8, 4) is 22.8 Å². The molecule has 3 N–H and O–H groups in total. The number of benzene rings is 2. The van der Waals surface area contributed by atoms with Crippen molar-refractivity contribution >= 4 is 22.6 Å². The molecule has 4 rings (SSSR count). The second kappa shape index (κ2) is 5.74. The van der Waals surface area contributed by atoms with Crippen LogP contribution in [0.25, 0.3) is 33.8 Å². The van der Waals surface area contributed by atoms with E-state index in [4.69, 9.17) is 16.7 Å². The van der Waals surface area contributed by atoms with Crippen LogP contribution in [0.4, 0.5) is 4.39 Å². The van der Waals surface area contributed by atoms with Crippen LogP contribution in [-0.4, -0.2) is 25.3 Å². The predicted octanol–water partition coefficient (Wildman–Crippen LogP) is 3.90. The van der Waals surface area contributed by atoms with Gasteiger partial charge < -0.3 is 10.1 Å². The van der Waals surface area contributed by atoms with Crippen molar-refractivity contribution in [2.24, 2.45) is 0 Å². The van der Waals surface area contributed by atoms with E-state index < -0.39 is 5.82 Å². The molecule has 5 nitrogen and oxygen atoms in total. The van der Waals surface area contributed by atoms with Gasteiger partial charge in [-0.2, -0.15) is 5.10 Å². The Kier molecular flexibility index (Phi) is 3.55. The first-order chi connectivity index (χ1) is 11.6. The van der Waals surface area contributed by atoms with E-state index in [1.807, 2.05) is 6.07 Å². The van der Waals surface area contributed by atoms with Crippen LogP contribution in [0.1, 0.15) is 5.56 Å². The molecule has 120 valence electrons. The molecule has 24 heavy (non-hydrogen) atoms. The van der Waals surface area contributed by atoms with E-state index in [2.05, 4.69) is 20.2 Å². The Balaban J connectivity index is 1.73. The summed E-state index contributed by atoms with van der Waals surface area (Å²) in [7, 11) is 0. The van der Waals surface area contributed by atoms with Gasteiger partial charge in [-0.05, 0) is 42.0 Å². The van der Waals surface area contributed by atoms with Gasteiger partial charge in [-0.3, -0.25) is 5.10 Å². The second-order valence-electron chi connectivity index (χ2n) is 5.39. The summed E-state index contributed by atoms with van der Waals surface area (Å²) >= 11 is 5.97. The normalized spacial score (nSPS) is 11.3. The van der Waals surface area contributed by atoms with Gasteiger partial charge in [-0.25, -0.2) is 9.37 Å². The first kappa shape index (κ1) is 14.9. The van der Waals surface area contributed by atoms with E-state index in [9.17, 15) is 4.39 Å². The quantitative estimate of drug-likeness (QED) is 0.528. The monoisotopic (exact) mass is 342 g/mol. The SMILES string of the molecule is OCc1ccc(-c2cc(-c3nc4cc(Cl)ccc4[nH]3)[nH]n2)c(F)c1. The van der Waals surface area contributed by atoms with Crippen molar-refractivity contribution < 1.29 is 9.50 Å². The lowest BCUT2D eigenvalue weighted by atomic mass is 10.1. The zero-order valence-corrected chi connectivity index (χ0v) is 13.1. The molecule has 0 atom stereocenters. The van der Waals surface area contributed by atoms with Crippen LogP contribution in [-0.2, 0) is 6.61 Å². The van der Waals surface area contributed by atoms with E-state index in [1.54, 1.807) is 30.3 Å². The number of nitrogens with zero attached hydrogens (tertiary/aromatic N) is 2. The maximum absolute atomic E-state index is 14.1. The molecule has 0 fully saturated rings. The third-order valence-corrected chi connectivity index (χ3v) is 4.01. The van der Waals surface area contributed by atoms with Crippen LogP contribution in [0, 0.1) is 5.82 Å².